The van der Waals surface area contributed by atoms with Crippen molar-refractivity contribution in [2.45, 2.75) is 52.2 Å². The molecule has 0 unspecified atom stereocenters. The Bertz CT molecular complexity index is 561. The molecule has 6 heteroatoms. The Morgan fingerprint density at radius 2 is 2.20 bits per heavy atom. The van der Waals surface area contributed by atoms with E-state index in [-0.39, 0.29) is 0 Å². The van der Waals surface area contributed by atoms with Crippen LogP contribution < -0.4 is 0 Å². The molecule has 3 heterocycles. The highest BCUT2D eigenvalue weighted by molar-refractivity contribution is 5.00. The number of hydrogen-bond acceptors (Lipinski definition) is 5. The third kappa shape index (κ3) is 2.90. The van der Waals surface area contributed by atoms with Gasteiger partial charge in [-0.1, -0.05) is 6.92 Å². The number of hydrogen-bond donors (Lipinski definition) is 0. The van der Waals surface area contributed by atoms with Gasteiger partial charge < -0.3 is 4.42 Å². The van der Waals surface area contributed by atoms with Gasteiger partial charge in [0.2, 0.25) is 11.8 Å². The van der Waals surface area contributed by atoms with Crippen LogP contribution in [0.3, 0.4) is 0 Å². The lowest BCUT2D eigenvalue weighted by Crippen LogP contribution is -2.32. The monoisotopic (exact) mass is 275 g/mol. The smallest absolute Gasteiger partial charge is 0.230 e. The van der Waals surface area contributed by atoms with Crippen LogP contribution in [-0.4, -0.2) is 37.5 Å². The Labute approximate surface area is 118 Å². The minimum Gasteiger partial charge on any atom is -0.424 e. The maximum absolute atomic E-state index is 5.61. The molecule has 0 aromatic carbocycles. The number of nitrogens with zero attached hydrogens (tertiary/aromatic N) is 5. The Morgan fingerprint density at radius 1 is 1.35 bits per heavy atom. The minimum atomic E-state index is 0.506. The summed E-state index contributed by atoms with van der Waals surface area (Å²) in [5.41, 5.74) is 1.21. The van der Waals surface area contributed by atoms with Crippen molar-refractivity contribution >= 4 is 0 Å². The molecule has 1 fully saturated rings. The topological polar surface area (TPSA) is 60.0 Å². The van der Waals surface area contributed by atoms with Crippen LogP contribution in [0.2, 0.25) is 0 Å². The van der Waals surface area contributed by atoms with Gasteiger partial charge in [0.05, 0.1) is 19.3 Å². The van der Waals surface area contributed by atoms with E-state index in [1.807, 2.05) is 17.8 Å². The van der Waals surface area contributed by atoms with Crippen LogP contribution in [0, 0.1) is 6.92 Å². The summed E-state index contributed by atoms with van der Waals surface area (Å²) >= 11 is 0. The summed E-state index contributed by atoms with van der Waals surface area (Å²) < 4.78 is 7.64. The maximum atomic E-state index is 5.61. The van der Waals surface area contributed by atoms with Crippen molar-refractivity contribution < 1.29 is 4.42 Å². The van der Waals surface area contributed by atoms with E-state index >= 15 is 0 Å². The standard InChI is InChI=1S/C14H21N5O/c1-3-13-16-17-14(20-13)10-18-6-4-5-12(18)9-19-8-11(2)7-15-19/h7-8,12H,3-6,9-10H2,1-2H3/t12-/m0/s1. The molecule has 1 aliphatic heterocycles. The molecule has 0 amide bonds. The van der Waals surface area contributed by atoms with Gasteiger partial charge in [0.15, 0.2) is 0 Å². The summed E-state index contributed by atoms with van der Waals surface area (Å²) in [4.78, 5) is 2.42. The van der Waals surface area contributed by atoms with Gasteiger partial charge in [0.1, 0.15) is 0 Å². The zero-order chi connectivity index (χ0) is 13.9. The predicted molar refractivity (Wildman–Crippen MR) is 74.1 cm³/mol. The first-order valence-electron chi connectivity index (χ1n) is 7.29. The molecule has 20 heavy (non-hydrogen) atoms. The van der Waals surface area contributed by atoms with E-state index in [2.05, 4.69) is 33.3 Å². The van der Waals surface area contributed by atoms with Gasteiger partial charge in [0.25, 0.3) is 0 Å². The molecule has 1 aliphatic rings. The van der Waals surface area contributed by atoms with Crippen molar-refractivity contribution in [1.29, 1.82) is 0 Å². The zero-order valence-electron chi connectivity index (χ0n) is 12.1. The van der Waals surface area contributed by atoms with E-state index < -0.39 is 0 Å². The zero-order valence-corrected chi connectivity index (χ0v) is 12.1. The first kappa shape index (κ1) is 13.3. The average molecular weight is 275 g/mol. The van der Waals surface area contributed by atoms with Crippen molar-refractivity contribution in [3.63, 3.8) is 0 Å². The fourth-order valence-electron chi connectivity index (χ4n) is 2.76. The minimum absolute atomic E-state index is 0.506. The SMILES string of the molecule is CCc1nnc(CN2CCC[C@H]2Cn2cc(C)cn2)o1. The second-order valence-electron chi connectivity index (χ2n) is 5.45. The van der Waals surface area contributed by atoms with Gasteiger partial charge in [-0.3, -0.25) is 9.58 Å². The molecule has 3 rings (SSSR count). The molecule has 0 spiro atoms. The average Bonchev–Trinajstić information content (AvgIpc) is 3.14. The normalized spacial score (nSPS) is 19.8. The predicted octanol–water partition coefficient (Wildman–Crippen LogP) is 1.80. The van der Waals surface area contributed by atoms with Crippen LogP contribution in [0.4, 0.5) is 0 Å². The summed E-state index contributed by atoms with van der Waals surface area (Å²) in [5.74, 6) is 1.45. The fraction of sp³-hybridized carbons (Fsp3) is 0.643. The second-order valence-corrected chi connectivity index (χ2v) is 5.45. The largest absolute Gasteiger partial charge is 0.424 e. The summed E-state index contributed by atoms with van der Waals surface area (Å²) in [5, 5.41) is 12.5. The highest BCUT2D eigenvalue weighted by Crippen LogP contribution is 2.21. The Hall–Kier alpha value is -1.69. The number of aromatic nitrogens is 4. The van der Waals surface area contributed by atoms with Crippen LogP contribution in [0.25, 0.3) is 0 Å². The second kappa shape index (κ2) is 5.75. The molecule has 6 nitrogen and oxygen atoms in total. The molecule has 1 atom stereocenters. The lowest BCUT2D eigenvalue weighted by Gasteiger charge is -2.22. The van der Waals surface area contributed by atoms with Crippen molar-refractivity contribution in [1.82, 2.24) is 24.9 Å². The van der Waals surface area contributed by atoms with E-state index in [1.54, 1.807) is 0 Å². The van der Waals surface area contributed by atoms with Crippen molar-refractivity contribution in [3.8, 4) is 0 Å². The summed E-state index contributed by atoms with van der Waals surface area (Å²) in [6, 6.07) is 0.506. The molecular weight excluding hydrogens is 254 g/mol. The van der Waals surface area contributed by atoms with E-state index in [0.717, 1.165) is 37.8 Å². The van der Waals surface area contributed by atoms with E-state index in [0.29, 0.717) is 6.04 Å². The summed E-state index contributed by atoms with van der Waals surface area (Å²) in [7, 11) is 0. The lowest BCUT2D eigenvalue weighted by atomic mass is 10.2. The molecule has 0 bridgehead atoms. The van der Waals surface area contributed by atoms with Gasteiger partial charge in [-0.2, -0.15) is 5.10 Å². The van der Waals surface area contributed by atoms with Crippen molar-refractivity contribution in [2.75, 3.05) is 6.54 Å². The van der Waals surface area contributed by atoms with Gasteiger partial charge in [-0.15, -0.1) is 10.2 Å². The molecule has 0 aliphatic carbocycles. The van der Waals surface area contributed by atoms with Gasteiger partial charge >= 0.3 is 0 Å². The van der Waals surface area contributed by atoms with E-state index in [9.17, 15) is 0 Å². The van der Waals surface area contributed by atoms with Gasteiger partial charge in [-0.25, -0.2) is 0 Å². The highest BCUT2D eigenvalue weighted by Gasteiger charge is 2.26. The van der Waals surface area contributed by atoms with Crippen molar-refractivity contribution in [3.05, 3.63) is 29.7 Å². The Morgan fingerprint density at radius 3 is 2.90 bits per heavy atom. The van der Waals surface area contributed by atoms with Crippen LogP contribution >= 0.6 is 0 Å². The molecular formula is C14H21N5O. The summed E-state index contributed by atoms with van der Waals surface area (Å²) in [6.07, 6.45) is 7.22. The van der Waals surface area contributed by atoms with Crippen LogP contribution in [-0.2, 0) is 19.5 Å². The molecule has 2 aromatic rings. The lowest BCUT2D eigenvalue weighted by molar-refractivity contribution is 0.198. The quantitative estimate of drug-likeness (QED) is 0.832. The van der Waals surface area contributed by atoms with Crippen LogP contribution in [0.5, 0.6) is 0 Å². The fourth-order valence-corrected chi connectivity index (χ4v) is 2.76. The molecule has 0 radical (unpaired) electrons. The van der Waals surface area contributed by atoms with E-state index in [4.69, 9.17) is 4.42 Å². The van der Waals surface area contributed by atoms with E-state index in [1.165, 1.54) is 18.4 Å². The summed E-state index contributed by atoms with van der Waals surface area (Å²) in [6.45, 7) is 6.87. The maximum Gasteiger partial charge on any atom is 0.230 e. The molecule has 2 aromatic heterocycles. The van der Waals surface area contributed by atoms with Gasteiger partial charge in [-0.05, 0) is 31.9 Å². The first-order valence-corrected chi connectivity index (χ1v) is 7.29. The highest BCUT2D eigenvalue weighted by atomic mass is 16.4. The van der Waals surface area contributed by atoms with Gasteiger partial charge in [0, 0.05) is 18.7 Å². The molecule has 1 saturated heterocycles. The van der Waals surface area contributed by atoms with Crippen LogP contribution in [0.15, 0.2) is 16.8 Å². The van der Waals surface area contributed by atoms with Crippen molar-refractivity contribution in [2.24, 2.45) is 0 Å². The molecule has 0 N–H and O–H groups in total. The number of aryl methyl sites for hydroxylation is 2. The third-order valence-corrected chi connectivity index (χ3v) is 3.81. The Balaban J connectivity index is 1.63. The first-order chi connectivity index (χ1) is 9.74. The molecule has 0 saturated carbocycles. The number of likely N-dealkylation sites (tertiary alicyclic amines) is 1. The molecule has 108 valence electrons. The Kier molecular flexibility index (Phi) is 3.82. The third-order valence-electron chi connectivity index (χ3n) is 3.81. The number of rotatable bonds is 5. The van der Waals surface area contributed by atoms with Crippen LogP contribution in [0.1, 0.15) is 37.1 Å².